The van der Waals surface area contributed by atoms with Crippen LogP contribution in [0.4, 0.5) is 15.8 Å². The van der Waals surface area contributed by atoms with E-state index in [0.717, 1.165) is 30.6 Å². The van der Waals surface area contributed by atoms with Crippen molar-refractivity contribution in [3.8, 4) is 5.75 Å². The lowest BCUT2D eigenvalue weighted by Crippen LogP contribution is -2.35. The Kier molecular flexibility index (Phi) is 6.97. The van der Waals surface area contributed by atoms with Gasteiger partial charge in [0.15, 0.2) is 0 Å². The number of sulfonamides is 1. The zero-order chi connectivity index (χ0) is 20.9. The predicted octanol–water partition coefficient (Wildman–Crippen LogP) is 3.56. The summed E-state index contributed by atoms with van der Waals surface area (Å²) < 4.78 is 46.1. The second-order valence-electron chi connectivity index (χ2n) is 7.27. The summed E-state index contributed by atoms with van der Waals surface area (Å²) in [6, 6.07) is 11.0. The van der Waals surface area contributed by atoms with Gasteiger partial charge in [-0.15, -0.1) is 0 Å². The lowest BCUT2D eigenvalue weighted by Gasteiger charge is -2.27. The Morgan fingerprint density at radius 3 is 2.41 bits per heavy atom. The monoisotopic (exact) mass is 421 g/mol. The summed E-state index contributed by atoms with van der Waals surface area (Å²) >= 11 is 0. The van der Waals surface area contributed by atoms with Gasteiger partial charge >= 0.3 is 0 Å². The topological polar surface area (TPSA) is 61.9 Å². The Morgan fingerprint density at radius 1 is 1.07 bits per heavy atom. The summed E-state index contributed by atoms with van der Waals surface area (Å²) in [6.45, 7) is 1.99. The van der Waals surface area contributed by atoms with E-state index in [1.54, 1.807) is 28.6 Å². The molecule has 29 heavy (non-hydrogen) atoms. The molecule has 2 aromatic rings. The zero-order valence-corrected chi connectivity index (χ0v) is 17.7. The Hall–Kier alpha value is -2.32. The lowest BCUT2D eigenvalue weighted by atomic mass is 10.2. The highest BCUT2D eigenvalue weighted by atomic mass is 32.2. The van der Waals surface area contributed by atoms with Crippen molar-refractivity contribution in [2.75, 3.05) is 50.6 Å². The molecule has 1 aliphatic heterocycles. The van der Waals surface area contributed by atoms with Gasteiger partial charge in [-0.3, -0.25) is 0 Å². The van der Waals surface area contributed by atoms with Crippen molar-refractivity contribution in [3.05, 3.63) is 48.3 Å². The maximum atomic E-state index is 13.0. The number of halogens is 1. The van der Waals surface area contributed by atoms with Crippen molar-refractivity contribution in [1.82, 2.24) is 4.31 Å². The van der Waals surface area contributed by atoms with E-state index in [4.69, 9.17) is 4.74 Å². The van der Waals surface area contributed by atoms with Gasteiger partial charge in [0, 0.05) is 33.7 Å². The third-order valence-electron chi connectivity index (χ3n) is 4.90. The molecule has 0 bridgehead atoms. The smallest absolute Gasteiger partial charge is 0.243 e. The normalized spacial score (nSPS) is 15.1. The molecule has 3 rings (SSSR count). The fourth-order valence-corrected chi connectivity index (χ4v) is 4.89. The van der Waals surface area contributed by atoms with Crippen molar-refractivity contribution in [1.29, 1.82) is 0 Å². The molecule has 1 heterocycles. The molecule has 0 aromatic heterocycles. The standard InChI is InChI=1S/C21H28FN3O3S/c1-24(2)21-11-10-19(29(26,27)25-13-4-3-5-14-25)16-20(21)23-12-15-28-18-8-6-17(22)7-9-18/h6-11,16,23H,3-5,12-15H2,1-2H3. The van der Waals surface area contributed by atoms with Crippen LogP contribution >= 0.6 is 0 Å². The maximum absolute atomic E-state index is 13.0. The fraction of sp³-hybridized carbons (Fsp3) is 0.429. The van der Waals surface area contributed by atoms with Crippen LogP contribution in [0.25, 0.3) is 0 Å². The second-order valence-corrected chi connectivity index (χ2v) is 9.21. The number of rotatable bonds is 8. The molecule has 0 radical (unpaired) electrons. The Morgan fingerprint density at radius 2 is 1.76 bits per heavy atom. The van der Waals surface area contributed by atoms with Gasteiger partial charge in [-0.25, -0.2) is 12.8 Å². The van der Waals surface area contributed by atoms with Gasteiger partial charge < -0.3 is 15.0 Å². The summed E-state index contributed by atoms with van der Waals surface area (Å²) in [6.07, 6.45) is 2.88. The maximum Gasteiger partial charge on any atom is 0.243 e. The third kappa shape index (κ3) is 5.39. The molecule has 0 atom stereocenters. The first-order valence-corrected chi connectivity index (χ1v) is 11.3. The van der Waals surface area contributed by atoms with Crippen LogP contribution < -0.4 is 15.0 Å². The average Bonchev–Trinajstić information content (AvgIpc) is 2.73. The molecule has 0 unspecified atom stereocenters. The molecule has 1 N–H and O–H groups in total. The highest BCUT2D eigenvalue weighted by Gasteiger charge is 2.26. The van der Waals surface area contributed by atoms with Crippen LogP contribution in [0.3, 0.4) is 0 Å². The van der Waals surface area contributed by atoms with Gasteiger partial charge in [-0.05, 0) is 55.3 Å². The number of hydrogen-bond donors (Lipinski definition) is 1. The van der Waals surface area contributed by atoms with E-state index in [9.17, 15) is 12.8 Å². The molecule has 0 spiro atoms. The molecule has 6 nitrogen and oxygen atoms in total. The van der Waals surface area contributed by atoms with Gasteiger partial charge in [0.25, 0.3) is 0 Å². The van der Waals surface area contributed by atoms with Crippen LogP contribution in [0, 0.1) is 5.82 Å². The van der Waals surface area contributed by atoms with E-state index < -0.39 is 10.0 Å². The first-order chi connectivity index (χ1) is 13.9. The van der Waals surface area contributed by atoms with Crippen molar-refractivity contribution in [2.45, 2.75) is 24.2 Å². The molecule has 0 amide bonds. The summed E-state index contributed by atoms with van der Waals surface area (Å²) in [4.78, 5) is 2.23. The van der Waals surface area contributed by atoms with Crippen LogP contribution in [0.1, 0.15) is 19.3 Å². The van der Waals surface area contributed by atoms with Gasteiger partial charge in [0.05, 0.1) is 16.3 Å². The highest BCUT2D eigenvalue weighted by Crippen LogP contribution is 2.30. The minimum Gasteiger partial charge on any atom is -0.492 e. The number of hydrogen-bond acceptors (Lipinski definition) is 5. The van der Waals surface area contributed by atoms with E-state index in [-0.39, 0.29) is 5.82 Å². The molecular weight excluding hydrogens is 393 g/mol. The van der Waals surface area contributed by atoms with Crippen molar-refractivity contribution < 1.29 is 17.5 Å². The summed E-state index contributed by atoms with van der Waals surface area (Å²) in [5.41, 5.74) is 1.63. The van der Waals surface area contributed by atoms with Crippen molar-refractivity contribution in [3.63, 3.8) is 0 Å². The fourth-order valence-electron chi connectivity index (χ4n) is 3.35. The Bertz CT molecular complexity index is 911. The number of piperidine rings is 1. The predicted molar refractivity (Wildman–Crippen MR) is 114 cm³/mol. The van der Waals surface area contributed by atoms with E-state index in [2.05, 4.69) is 5.32 Å². The number of benzene rings is 2. The van der Waals surface area contributed by atoms with E-state index in [1.165, 1.54) is 12.1 Å². The van der Waals surface area contributed by atoms with Crippen LogP contribution in [-0.2, 0) is 10.0 Å². The largest absolute Gasteiger partial charge is 0.492 e. The van der Waals surface area contributed by atoms with Crippen LogP contribution in [-0.4, -0.2) is 53.1 Å². The molecule has 0 aliphatic carbocycles. The Labute approximate surface area is 172 Å². The van der Waals surface area contributed by atoms with Gasteiger partial charge in [0.1, 0.15) is 18.2 Å². The summed E-state index contributed by atoms with van der Waals surface area (Å²) in [5.74, 6) is 0.278. The minimum atomic E-state index is -3.50. The van der Waals surface area contributed by atoms with Crippen LogP contribution in [0.15, 0.2) is 47.4 Å². The molecule has 0 saturated carbocycles. The molecule has 1 aliphatic rings. The minimum absolute atomic E-state index is 0.298. The number of nitrogens with zero attached hydrogens (tertiary/aromatic N) is 2. The van der Waals surface area contributed by atoms with Crippen molar-refractivity contribution >= 4 is 21.4 Å². The molecule has 2 aromatic carbocycles. The molecule has 8 heteroatoms. The summed E-state index contributed by atoms with van der Waals surface area (Å²) in [7, 11) is 0.325. The highest BCUT2D eigenvalue weighted by molar-refractivity contribution is 7.89. The van der Waals surface area contributed by atoms with E-state index in [1.807, 2.05) is 25.1 Å². The number of ether oxygens (including phenoxy) is 1. The quantitative estimate of drug-likeness (QED) is 0.661. The van der Waals surface area contributed by atoms with Gasteiger partial charge in [-0.1, -0.05) is 6.42 Å². The second kappa shape index (κ2) is 9.45. The van der Waals surface area contributed by atoms with Gasteiger partial charge in [0.2, 0.25) is 10.0 Å². The van der Waals surface area contributed by atoms with E-state index >= 15 is 0 Å². The van der Waals surface area contributed by atoms with Crippen molar-refractivity contribution in [2.24, 2.45) is 0 Å². The molecule has 1 fully saturated rings. The van der Waals surface area contributed by atoms with Crippen LogP contribution in [0.2, 0.25) is 0 Å². The average molecular weight is 422 g/mol. The number of nitrogens with one attached hydrogen (secondary N) is 1. The van der Waals surface area contributed by atoms with E-state index in [0.29, 0.717) is 36.9 Å². The van der Waals surface area contributed by atoms with Crippen LogP contribution in [0.5, 0.6) is 5.75 Å². The zero-order valence-electron chi connectivity index (χ0n) is 16.9. The lowest BCUT2D eigenvalue weighted by molar-refractivity contribution is 0.332. The SMILES string of the molecule is CN(C)c1ccc(S(=O)(=O)N2CCCCC2)cc1NCCOc1ccc(F)cc1. The van der Waals surface area contributed by atoms with Gasteiger partial charge in [-0.2, -0.15) is 4.31 Å². The molecule has 1 saturated heterocycles. The number of anilines is 2. The summed E-state index contributed by atoms with van der Waals surface area (Å²) in [5, 5.41) is 3.27. The Balaban J connectivity index is 1.70. The first-order valence-electron chi connectivity index (χ1n) is 9.82. The third-order valence-corrected chi connectivity index (χ3v) is 6.80. The first kappa shape index (κ1) is 21.4. The molecule has 158 valence electrons. The molecular formula is C21H28FN3O3S.